The third kappa shape index (κ3) is 4.84. The third-order valence-corrected chi connectivity index (χ3v) is 12.6. The number of carbonyl (C=O) groups is 1. The Balaban J connectivity index is 2.07. The first kappa shape index (κ1) is 23.9. The molecule has 2 fully saturated rings. The summed E-state index contributed by atoms with van der Waals surface area (Å²) in [4.78, 5) is 12.0. The fraction of sp³-hybridized carbons (Fsp3) is 0.957. The maximum absolute atomic E-state index is 12.0. The van der Waals surface area contributed by atoms with Gasteiger partial charge in [0.15, 0.2) is 13.9 Å². The van der Waals surface area contributed by atoms with E-state index in [4.69, 9.17) is 9.16 Å². The van der Waals surface area contributed by atoms with Crippen LogP contribution in [0.4, 0.5) is 0 Å². The van der Waals surface area contributed by atoms with Gasteiger partial charge in [-0.05, 0) is 80.8 Å². The van der Waals surface area contributed by atoms with E-state index in [-0.39, 0.29) is 10.5 Å². The minimum absolute atomic E-state index is 0.234. The van der Waals surface area contributed by atoms with E-state index < -0.39 is 19.9 Å². The molecule has 0 aliphatic heterocycles. The average Bonchev–Trinajstić information content (AvgIpc) is 2.88. The van der Waals surface area contributed by atoms with E-state index in [1.165, 1.54) is 46.0 Å². The molecule has 5 heteroatoms. The second-order valence-corrected chi connectivity index (χ2v) is 16.5. The molecule has 5 atom stereocenters. The van der Waals surface area contributed by atoms with Crippen molar-refractivity contribution < 1.29 is 19.1 Å². The molecule has 2 aliphatic carbocycles. The SMILES string of the molecule is C[C@@H](COC(=O)C(C)(C)O)[C@H]1CC[C@H]2[C@@H](O[Si](C)(C)C(C)(C)C)CCC[C@]12C. The van der Waals surface area contributed by atoms with Crippen LogP contribution in [0.2, 0.25) is 18.1 Å². The van der Waals surface area contributed by atoms with Gasteiger partial charge in [-0.1, -0.05) is 41.0 Å². The Bertz CT molecular complexity index is 560. The van der Waals surface area contributed by atoms with Gasteiger partial charge in [-0.25, -0.2) is 4.79 Å². The van der Waals surface area contributed by atoms with Gasteiger partial charge in [-0.2, -0.15) is 0 Å². The molecule has 0 radical (unpaired) electrons. The van der Waals surface area contributed by atoms with Crippen LogP contribution in [0, 0.1) is 23.2 Å². The highest BCUT2D eigenvalue weighted by Crippen LogP contribution is 2.59. The second kappa shape index (κ2) is 8.03. The summed E-state index contributed by atoms with van der Waals surface area (Å²) in [7, 11) is -1.78. The molecule has 0 heterocycles. The lowest BCUT2D eigenvalue weighted by Crippen LogP contribution is -2.50. The van der Waals surface area contributed by atoms with E-state index in [9.17, 15) is 9.90 Å². The molecular formula is C23H44O4Si. The molecule has 28 heavy (non-hydrogen) atoms. The Labute approximate surface area is 173 Å². The van der Waals surface area contributed by atoms with Gasteiger partial charge >= 0.3 is 5.97 Å². The van der Waals surface area contributed by atoms with Crippen LogP contribution < -0.4 is 0 Å². The standard InChI is InChI=1S/C23H44O4Si/c1-16(15-26-20(24)22(5,6)25)17-12-13-18-19(11-10-14-23(17,18)7)27-28(8,9)21(2,3)4/h16-19,25H,10-15H2,1-9H3/t16-,17+,18-,19-,23+/m0/s1. The van der Waals surface area contributed by atoms with Crippen LogP contribution in [0.3, 0.4) is 0 Å². The molecule has 2 aliphatic rings. The number of rotatable bonds is 6. The molecule has 0 aromatic rings. The van der Waals surface area contributed by atoms with Gasteiger partial charge in [0.25, 0.3) is 0 Å². The van der Waals surface area contributed by atoms with E-state index in [0.717, 1.165) is 0 Å². The van der Waals surface area contributed by atoms with Gasteiger partial charge in [0.1, 0.15) is 0 Å². The van der Waals surface area contributed by atoms with Gasteiger partial charge in [-0.15, -0.1) is 0 Å². The molecule has 0 bridgehead atoms. The van der Waals surface area contributed by atoms with Crippen molar-refractivity contribution >= 4 is 14.3 Å². The summed E-state index contributed by atoms with van der Waals surface area (Å²) in [6.45, 7) is 19.7. The third-order valence-electron chi connectivity index (χ3n) is 8.05. The van der Waals surface area contributed by atoms with Gasteiger partial charge < -0.3 is 14.3 Å². The maximum atomic E-state index is 12.0. The highest BCUT2D eigenvalue weighted by atomic mass is 28.4. The van der Waals surface area contributed by atoms with Gasteiger partial charge in [-0.3, -0.25) is 0 Å². The first-order chi connectivity index (χ1) is 12.6. The van der Waals surface area contributed by atoms with E-state index in [2.05, 4.69) is 47.7 Å². The molecule has 0 aromatic carbocycles. The molecule has 4 nitrogen and oxygen atoms in total. The van der Waals surface area contributed by atoms with Gasteiger partial charge in [0, 0.05) is 6.10 Å². The summed E-state index contributed by atoms with van der Waals surface area (Å²) in [5.74, 6) is 0.917. The van der Waals surface area contributed by atoms with Crippen molar-refractivity contribution in [1.82, 2.24) is 0 Å². The van der Waals surface area contributed by atoms with Crippen LogP contribution in [0.1, 0.15) is 80.6 Å². The topological polar surface area (TPSA) is 55.8 Å². The van der Waals surface area contributed by atoms with Crippen LogP contribution in [-0.4, -0.2) is 37.7 Å². The minimum Gasteiger partial charge on any atom is -0.463 e. The zero-order valence-corrected chi connectivity index (χ0v) is 20.7. The lowest BCUT2D eigenvalue weighted by atomic mass is 9.62. The van der Waals surface area contributed by atoms with Crippen molar-refractivity contribution in [1.29, 1.82) is 0 Å². The van der Waals surface area contributed by atoms with Crippen LogP contribution in [0.5, 0.6) is 0 Å². The highest BCUT2D eigenvalue weighted by Gasteiger charge is 2.54. The van der Waals surface area contributed by atoms with Crippen LogP contribution >= 0.6 is 0 Å². The van der Waals surface area contributed by atoms with Crippen molar-refractivity contribution in [3.8, 4) is 0 Å². The number of carbonyl (C=O) groups excluding carboxylic acids is 1. The predicted octanol–water partition coefficient (Wildman–Crippen LogP) is 5.54. The monoisotopic (exact) mass is 412 g/mol. The molecular weight excluding hydrogens is 368 g/mol. The summed E-state index contributed by atoms with van der Waals surface area (Å²) in [6.07, 6.45) is 6.41. The van der Waals surface area contributed by atoms with Crippen molar-refractivity contribution in [3.05, 3.63) is 0 Å². The normalized spacial score (nSPS) is 32.7. The summed E-state index contributed by atoms with van der Waals surface area (Å²) < 4.78 is 12.4. The van der Waals surface area contributed by atoms with Crippen molar-refractivity contribution in [3.63, 3.8) is 0 Å². The Morgan fingerprint density at radius 2 is 1.79 bits per heavy atom. The number of aliphatic hydroxyl groups is 1. The predicted molar refractivity (Wildman–Crippen MR) is 117 cm³/mol. The maximum Gasteiger partial charge on any atom is 0.337 e. The Hall–Kier alpha value is -0.393. The summed E-state index contributed by atoms with van der Waals surface area (Å²) in [5, 5.41) is 10.1. The van der Waals surface area contributed by atoms with E-state index in [1.54, 1.807) is 0 Å². The van der Waals surface area contributed by atoms with Crippen molar-refractivity contribution in [2.24, 2.45) is 23.2 Å². The van der Waals surface area contributed by atoms with E-state index in [1.807, 2.05) is 0 Å². The molecule has 1 N–H and O–H groups in total. The van der Waals surface area contributed by atoms with Crippen LogP contribution in [0.15, 0.2) is 0 Å². The fourth-order valence-electron chi connectivity index (χ4n) is 5.29. The van der Waals surface area contributed by atoms with Crippen molar-refractivity contribution in [2.45, 2.75) is 110 Å². The average molecular weight is 413 g/mol. The molecule has 164 valence electrons. The lowest BCUT2D eigenvalue weighted by Gasteiger charge is -2.49. The summed E-state index contributed by atoms with van der Waals surface area (Å²) in [5.41, 5.74) is -1.17. The fourth-order valence-corrected chi connectivity index (χ4v) is 6.68. The van der Waals surface area contributed by atoms with E-state index >= 15 is 0 Å². The van der Waals surface area contributed by atoms with Gasteiger partial charge in [0.2, 0.25) is 0 Å². The number of esters is 1. The molecule has 0 saturated heterocycles. The first-order valence-corrected chi connectivity index (χ1v) is 14.1. The molecule has 0 spiro atoms. The minimum atomic E-state index is -1.78. The Morgan fingerprint density at radius 1 is 1.18 bits per heavy atom. The molecule has 0 aromatic heterocycles. The van der Waals surface area contributed by atoms with E-state index in [0.29, 0.717) is 30.5 Å². The smallest absolute Gasteiger partial charge is 0.337 e. The lowest BCUT2D eigenvalue weighted by molar-refractivity contribution is -0.164. The zero-order valence-electron chi connectivity index (χ0n) is 19.7. The molecule has 0 unspecified atom stereocenters. The Morgan fingerprint density at radius 3 is 2.32 bits per heavy atom. The Kier molecular flexibility index (Phi) is 6.85. The summed E-state index contributed by atoms with van der Waals surface area (Å²) in [6, 6.07) is 0. The van der Waals surface area contributed by atoms with Gasteiger partial charge in [0.05, 0.1) is 6.61 Å². The second-order valence-electron chi connectivity index (χ2n) is 11.7. The van der Waals surface area contributed by atoms with Crippen LogP contribution in [-0.2, 0) is 14.0 Å². The van der Waals surface area contributed by atoms with Crippen LogP contribution in [0.25, 0.3) is 0 Å². The number of hydrogen-bond donors (Lipinski definition) is 1. The molecule has 2 rings (SSSR count). The first-order valence-electron chi connectivity index (χ1n) is 11.2. The number of hydrogen-bond acceptors (Lipinski definition) is 4. The van der Waals surface area contributed by atoms with Crippen molar-refractivity contribution in [2.75, 3.05) is 6.61 Å². The number of fused-ring (bicyclic) bond motifs is 1. The molecule has 0 amide bonds. The molecule has 2 saturated carbocycles. The quantitative estimate of drug-likeness (QED) is 0.459. The zero-order chi connectivity index (χ0) is 21.5. The largest absolute Gasteiger partial charge is 0.463 e. The summed E-state index contributed by atoms with van der Waals surface area (Å²) >= 11 is 0. The number of ether oxygens (including phenoxy) is 1. The highest BCUT2D eigenvalue weighted by molar-refractivity contribution is 6.74.